The maximum Gasteiger partial charge on any atom is 0.278 e. The van der Waals surface area contributed by atoms with E-state index in [-0.39, 0.29) is 11.6 Å². The number of benzene rings is 1. The molecule has 1 rings (SSSR count). The van der Waals surface area contributed by atoms with Gasteiger partial charge in [0.15, 0.2) is 0 Å². The number of nitrogens with zero attached hydrogens (tertiary/aromatic N) is 2. The van der Waals surface area contributed by atoms with Gasteiger partial charge in [-0.15, -0.1) is 0 Å². The molecule has 6 nitrogen and oxygen atoms in total. The average molecular weight is 404 g/mol. The van der Waals surface area contributed by atoms with Crippen molar-refractivity contribution in [3.63, 3.8) is 0 Å². The molecule has 6 heteroatoms. The van der Waals surface area contributed by atoms with E-state index < -0.39 is 4.92 Å². The zero-order valence-corrected chi connectivity index (χ0v) is 17.9. The lowest BCUT2D eigenvalue weighted by Gasteiger charge is -2.03. The van der Waals surface area contributed by atoms with Gasteiger partial charge in [-0.3, -0.25) is 14.9 Å². The van der Waals surface area contributed by atoms with Gasteiger partial charge in [0.05, 0.1) is 16.7 Å². The van der Waals surface area contributed by atoms with Crippen LogP contribution in [0.15, 0.2) is 29.4 Å². The molecule has 0 heterocycles. The Bertz CT molecular complexity index is 617. The minimum absolute atomic E-state index is 0.0259. The number of hydrazone groups is 1. The summed E-state index contributed by atoms with van der Waals surface area (Å²) in [6, 6.07) is 6.31. The Hall–Kier alpha value is -2.24. The predicted octanol–water partition coefficient (Wildman–Crippen LogP) is 6.53. The summed E-state index contributed by atoms with van der Waals surface area (Å²) < 4.78 is 0. The number of carbonyl (C=O) groups is 1. The minimum atomic E-state index is -0.462. The van der Waals surface area contributed by atoms with Crippen molar-refractivity contribution in [2.75, 3.05) is 0 Å². The summed E-state index contributed by atoms with van der Waals surface area (Å²) >= 11 is 0. The molecule has 1 amide bonds. The highest BCUT2D eigenvalue weighted by Gasteiger charge is 2.10. The molecule has 0 saturated carbocycles. The van der Waals surface area contributed by atoms with Crippen molar-refractivity contribution in [3.05, 3.63) is 39.9 Å². The van der Waals surface area contributed by atoms with Crippen molar-refractivity contribution in [1.82, 2.24) is 5.43 Å². The zero-order chi connectivity index (χ0) is 21.2. The molecule has 162 valence electrons. The second-order valence-corrected chi connectivity index (χ2v) is 7.60. The molecule has 0 spiro atoms. The van der Waals surface area contributed by atoms with Crippen molar-refractivity contribution in [2.24, 2.45) is 5.10 Å². The molecule has 0 aliphatic heterocycles. The summed E-state index contributed by atoms with van der Waals surface area (Å²) in [5.41, 5.74) is 2.80. The number of para-hydroxylation sites is 1. The van der Waals surface area contributed by atoms with Crippen molar-refractivity contribution in [3.8, 4) is 0 Å². The van der Waals surface area contributed by atoms with Crippen LogP contribution < -0.4 is 5.43 Å². The van der Waals surface area contributed by atoms with E-state index in [2.05, 4.69) is 17.5 Å². The summed E-state index contributed by atoms with van der Waals surface area (Å²) in [6.07, 6.45) is 18.3. The summed E-state index contributed by atoms with van der Waals surface area (Å²) in [7, 11) is 0. The molecular formula is C23H37N3O3. The van der Waals surface area contributed by atoms with E-state index in [9.17, 15) is 14.9 Å². The molecule has 0 unspecified atom stereocenters. The van der Waals surface area contributed by atoms with Crippen LogP contribution in [0.25, 0.3) is 0 Å². The van der Waals surface area contributed by atoms with E-state index in [1.54, 1.807) is 18.2 Å². The third kappa shape index (κ3) is 12.8. The van der Waals surface area contributed by atoms with E-state index in [0.717, 1.165) is 12.8 Å². The number of hydrogen-bond acceptors (Lipinski definition) is 4. The van der Waals surface area contributed by atoms with Gasteiger partial charge in [0.25, 0.3) is 5.69 Å². The second-order valence-electron chi connectivity index (χ2n) is 7.60. The summed E-state index contributed by atoms with van der Waals surface area (Å²) in [4.78, 5) is 22.3. The SMILES string of the molecule is CCCCCCCCCCCCCCCC(=O)N/N=C\c1ccccc1[N+](=O)[O-]. The predicted molar refractivity (Wildman–Crippen MR) is 119 cm³/mol. The zero-order valence-electron chi connectivity index (χ0n) is 17.9. The van der Waals surface area contributed by atoms with Gasteiger partial charge in [-0.25, -0.2) is 5.43 Å². The lowest BCUT2D eigenvalue weighted by molar-refractivity contribution is -0.385. The van der Waals surface area contributed by atoms with Gasteiger partial charge in [-0.2, -0.15) is 5.10 Å². The molecule has 1 N–H and O–H groups in total. The number of carbonyl (C=O) groups excluding carboxylic acids is 1. The topological polar surface area (TPSA) is 84.6 Å². The first-order valence-corrected chi connectivity index (χ1v) is 11.2. The number of nitro benzene ring substituents is 1. The molecular weight excluding hydrogens is 366 g/mol. The van der Waals surface area contributed by atoms with Crippen molar-refractivity contribution < 1.29 is 9.72 Å². The molecule has 0 bridgehead atoms. The lowest BCUT2D eigenvalue weighted by Crippen LogP contribution is -2.17. The first-order valence-electron chi connectivity index (χ1n) is 11.2. The van der Waals surface area contributed by atoms with Crippen LogP contribution in [-0.2, 0) is 4.79 Å². The molecule has 0 saturated heterocycles. The molecule has 0 aliphatic rings. The molecule has 1 aromatic carbocycles. The van der Waals surface area contributed by atoms with E-state index in [0.29, 0.717) is 12.0 Å². The first-order chi connectivity index (χ1) is 14.1. The van der Waals surface area contributed by atoms with Crippen LogP contribution in [0.5, 0.6) is 0 Å². The number of rotatable bonds is 17. The fourth-order valence-corrected chi connectivity index (χ4v) is 3.30. The molecule has 0 radical (unpaired) electrons. The smallest absolute Gasteiger partial charge is 0.273 e. The molecule has 0 atom stereocenters. The largest absolute Gasteiger partial charge is 0.278 e. The minimum Gasteiger partial charge on any atom is -0.273 e. The van der Waals surface area contributed by atoms with E-state index in [1.165, 1.54) is 82.9 Å². The van der Waals surface area contributed by atoms with Crippen LogP contribution in [0.4, 0.5) is 5.69 Å². The van der Waals surface area contributed by atoms with Crippen LogP contribution in [-0.4, -0.2) is 17.0 Å². The van der Waals surface area contributed by atoms with Crippen LogP contribution in [0.1, 0.15) is 102 Å². The number of nitrogens with one attached hydrogen (secondary N) is 1. The number of amides is 1. The van der Waals surface area contributed by atoms with E-state index in [4.69, 9.17) is 0 Å². The van der Waals surface area contributed by atoms with Crippen molar-refractivity contribution in [1.29, 1.82) is 0 Å². The van der Waals surface area contributed by atoms with Gasteiger partial charge in [0, 0.05) is 12.5 Å². The van der Waals surface area contributed by atoms with Gasteiger partial charge < -0.3 is 0 Å². The van der Waals surface area contributed by atoms with E-state index in [1.807, 2.05) is 0 Å². The Morgan fingerprint density at radius 3 is 2.00 bits per heavy atom. The van der Waals surface area contributed by atoms with Crippen molar-refractivity contribution >= 4 is 17.8 Å². The van der Waals surface area contributed by atoms with Crippen molar-refractivity contribution in [2.45, 2.75) is 96.8 Å². The second kappa shape index (κ2) is 16.7. The molecule has 1 aromatic rings. The van der Waals surface area contributed by atoms with Gasteiger partial charge >= 0.3 is 0 Å². The lowest BCUT2D eigenvalue weighted by atomic mass is 10.0. The molecule has 0 aromatic heterocycles. The van der Waals surface area contributed by atoms with Gasteiger partial charge in [-0.05, 0) is 12.5 Å². The molecule has 0 fully saturated rings. The van der Waals surface area contributed by atoms with Gasteiger partial charge in [0.1, 0.15) is 0 Å². The van der Waals surface area contributed by atoms with E-state index >= 15 is 0 Å². The highest BCUT2D eigenvalue weighted by molar-refractivity contribution is 5.86. The third-order valence-electron chi connectivity index (χ3n) is 5.03. The Balaban J connectivity index is 1.99. The standard InChI is InChI=1S/C23H37N3O3/c1-2-3-4-5-6-7-8-9-10-11-12-13-14-19-23(27)25-24-20-21-17-15-16-18-22(21)26(28)29/h15-18,20H,2-14,19H2,1H3,(H,25,27)/b24-20-. The average Bonchev–Trinajstić information content (AvgIpc) is 2.71. The highest BCUT2D eigenvalue weighted by Crippen LogP contribution is 2.15. The molecule has 0 aliphatic carbocycles. The monoisotopic (exact) mass is 403 g/mol. The Morgan fingerprint density at radius 1 is 0.931 bits per heavy atom. The normalized spacial score (nSPS) is 11.1. The number of nitro groups is 1. The highest BCUT2D eigenvalue weighted by atomic mass is 16.6. The van der Waals surface area contributed by atoms with Gasteiger partial charge in [-0.1, -0.05) is 96.1 Å². The fraction of sp³-hybridized carbons (Fsp3) is 0.652. The Kier molecular flexibility index (Phi) is 14.3. The fourth-order valence-electron chi connectivity index (χ4n) is 3.30. The maximum atomic E-state index is 11.8. The number of hydrogen-bond donors (Lipinski definition) is 1. The summed E-state index contributed by atoms with van der Waals surface area (Å²) in [6.45, 7) is 2.25. The van der Waals surface area contributed by atoms with Crippen LogP contribution >= 0.6 is 0 Å². The van der Waals surface area contributed by atoms with Gasteiger partial charge in [0.2, 0.25) is 5.91 Å². The summed E-state index contributed by atoms with van der Waals surface area (Å²) in [5.74, 6) is -0.150. The Morgan fingerprint density at radius 2 is 1.45 bits per heavy atom. The number of unbranched alkanes of at least 4 members (excludes halogenated alkanes) is 12. The maximum absolute atomic E-state index is 11.8. The Labute approximate surface area is 175 Å². The quantitative estimate of drug-likeness (QED) is 0.139. The van der Waals surface area contributed by atoms with Crippen LogP contribution in [0.3, 0.4) is 0 Å². The summed E-state index contributed by atoms with van der Waals surface area (Å²) in [5, 5.41) is 14.8. The van der Waals surface area contributed by atoms with Crippen LogP contribution in [0.2, 0.25) is 0 Å². The molecule has 29 heavy (non-hydrogen) atoms. The van der Waals surface area contributed by atoms with Crippen LogP contribution in [0, 0.1) is 10.1 Å². The first kappa shape index (κ1) is 24.8. The third-order valence-corrected chi connectivity index (χ3v) is 5.03.